The number of hydrogen-bond acceptors (Lipinski definition) is 1. The van der Waals surface area contributed by atoms with Crippen molar-refractivity contribution in [2.24, 2.45) is 5.73 Å². The minimum absolute atomic E-state index is 0.493. The first kappa shape index (κ1) is 12.0. The van der Waals surface area contributed by atoms with E-state index >= 15 is 0 Å². The van der Waals surface area contributed by atoms with Crippen LogP contribution >= 0.6 is 12.2 Å². The molecule has 0 heterocycles. The summed E-state index contributed by atoms with van der Waals surface area (Å²) in [5, 5.41) is 0.493. The molecular weight excluding hydrogens is 204 g/mol. The lowest BCUT2D eigenvalue weighted by Crippen LogP contribution is -2.35. The summed E-state index contributed by atoms with van der Waals surface area (Å²) in [5.41, 5.74) is 6.93. The van der Waals surface area contributed by atoms with E-state index in [-0.39, 0.29) is 0 Å². The Morgan fingerprint density at radius 3 is 2.53 bits per heavy atom. The number of rotatable bonds is 5. The van der Waals surface area contributed by atoms with E-state index in [4.69, 9.17) is 18.0 Å². The third-order valence-corrected chi connectivity index (χ3v) is 2.57. The van der Waals surface area contributed by atoms with Gasteiger partial charge in [0.15, 0.2) is 5.11 Å². The Morgan fingerprint density at radius 1 is 1.33 bits per heavy atom. The number of benzene rings is 1. The average Bonchev–Trinajstić information content (AvgIpc) is 2.25. The molecule has 0 unspecified atom stereocenters. The minimum atomic E-state index is 0.493. The van der Waals surface area contributed by atoms with Crippen LogP contribution in [0.25, 0.3) is 0 Å². The van der Waals surface area contributed by atoms with Gasteiger partial charge in [-0.25, -0.2) is 0 Å². The summed E-state index contributed by atoms with van der Waals surface area (Å²) in [6, 6.07) is 10.3. The fourth-order valence-corrected chi connectivity index (χ4v) is 1.58. The van der Waals surface area contributed by atoms with Gasteiger partial charge in [-0.15, -0.1) is 0 Å². The Labute approximate surface area is 97.1 Å². The summed E-state index contributed by atoms with van der Waals surface area (Å²) in [5.74, 6) is 0. The van der Waals surface area contributed by atoms with E-state index in [0.717, 1.165) is 25.9 Å². The summed E-state index contributed by atoms with van der Waals surface area (Å²) in [6.07, 6.45) is 2.29. The summed E-state index contributed by atoms with van der Waals surface area (Å²) in [4.78, 5) is 2.05. The molecule has 2 nitrogen and oxygen atoms in total. The molecule has 2 N–H and O–H groups in total. The van der Waals surface area contributed by atoms with Crippen molar-refractivity contribution in [2.45, 2.75) is 26.3 Å². The monoisotopic (exact) mass is 222 g/mol. The molecule has 0 saturated carbocycles. The molecule has 3 heteroatoms. The molecule has 0 bridgehead atoms. The van der Waals surface area contributed by atoms with Crippen LogP contribution < -0.4 is 5.73 Å². The van der Waals surface area contributed by atoms with Crippen LogP contribution in [0.4, 0.5) is 0 Å². The normalized spacial score (nSPS) is 9.93. The summed E-state index contributed by atoms with van der Waals surface area (Å²) < 4.78 is 0. The number of thiocarbonyl (C=S) groups is 1. The Hall–Kier alpha value is -1.09. The summed E-state index contributed by atoms with van der Waals surface area (Å²) in [6.45, 7) is 3.93. The quantitative estimate of drug-likeness (QED) is 0.776. The Bertz CT molecular complexity index is 298. The lowest BCUT2D eigenvalue weighted by atomic mass is 10.2. The van der Waals surface area contributed by atoms with Gasteiger partial charge in [-0.3, -0.25) is 0 Å². The molecule has 1 rings (SSSR count). The fourth-order valence-electron chi connectivity index (χ4n) is 1.42. The SMILES string of the molecule is CCCCN(Cc1ccccc1)C(N)=S. The third kappa shape index (κ3) is 4.30. The summed E-state index contributed by atoms with van der Waals surface area (Å²) in [7, 11) is 0. The predicted molar refractivity (Wildman–Crippen MR) is 68.5 cm³/mol. The predicted octanol–water partition coefficient (Wildman–Crippen LogP) is 2.53. The third-order valence-electron chi connectivity index (χ3n) is 2.31. The van der Waals surface area contributed by atoms with Crippen LogP contribution in [0, 0.1) is 0 Å². The zero-order valence-corrected chi connectivity index (χ0v) is 9.96. The molecule has 15 heavy (non-hydrogen) atoms. The highest BCUT2D eigenvalue weighted by Crippen LogP contribution is 2.05. The van der Waals surface area contributed by atoms with Gasteiger partial charge in [0.25, 0.3) is 0 Å². The van der Waals surface area contributed by atoms with Crippen molar-refractivity contribution in [1.29, 1.82) is 0 Å². The van der Waals surface area contributed by atoms with Gasteiger partial charge in [0.1, 0.15) is 0 Å². The molecule has 0 aliphatic rings. The lowest BCUT2D eigenvalue weighted by Gasteiger charge is -2.22. The minimum Gasteiger partial charge on any atom is -0.376 e. The molecule has 1 aromatic rings. The zero-order valence-electron chi connectivity index (χ0n) is 9.15. The van der Waals surface area contributed by atoms with Crippen LogP contribution in [0.3, 0.4) is 0 Å². The zero-order chi connectivity index (χ0) is 11.1. The molecule has 82 valence electrons. The standard InChI is InChI=1S/C12H18N2S/c1-2-3-9-14(12(13)15)10-11-7-5-4-6-8-11/h4-8H,2-3,9-10H2,1H3,(H2,13,15). The van der Waals surface area contributed by atoms with Gasteiger partial charge in [0, 0.05) is 13.1 Å². The van der Waals surface area contributed by atoms with Crippen molar-refractivity contribution in [3.05, 3.63) is 35.9 Å². The van der Waals surface area contributed by atoms with Gasteiger partial charge in [0.05, 0.1) is 0 Å². The van der Waals surface area contributed by atoms with Crippen molar-refractivity contribution in [2.75, 3.05) is 6.54 Å². The van der Waals surface area contributed by atoms with Crippen molar-refractivity contribution in [3.63, 3.8) is 0 Å². The van der Waals surface area contributed by atoms with Crippen LogP contribution in [-0.2, 0) is 6.54 Å². The van der Waals surface area contributed by atoms with Gasteiger partial charge >= 0.3 is 0 Å². The van der Waals surface area contributed by atoms with E-state index < -0.39 is 0 Å². The topological polar surface area (TPSA) is 29.3 Å². The molecule has 0 aliphatic carbocycles. The lowest BCUT2D eigenvalue weighted by molar-refractivity contribution is 0.405. The van der Waals surface area contributed by atoms with Crippen LogP contribution in [0.2, 0.25) is 0 Å². The summed E-state index contributed by atoms with van der Waals surface area (Å²) >= 11 is 5.03. The maximum atomic E-state index is 5.68. The van der Waals surface area contributed by atoms with Crippen LogP contribution in [0.1, 0.15) is 25.3 Å². The largest absolute Gasteiger partial charge is 0.376 e. The Morgan fingerprint density at radius 2 is 2.00 bits per heavy atom. The van der Waals surface area contributed by atoms with Crippen molar-refractivity contribution in [3.8, 4) is 0 Å². The van der Waals surface area contributed by atoms with E-state index in [0.29, 0.717) is 5.11 Å². The van der Waals surface area contributed by atoms with Gasteiger partial charge in [-0.05, 0) is 24.2 Å². The Balaban J connectivity index is 2.55. The Kier molecular flexibility index (Phi) is 5.12. The van der Waals surface area contributed by atoms with E-state index in [1.807, 2.05) is 23.1 Å². The van der Waals surface area contributed by atoms with Crippen LogP contribution in [0.5, 0.6) is 0 Å². The van der Waals surface area contributed by atoms with E-state index in [9.17, 15) is 0 Å². The second-order valence-corrected chi connectivity index (χ2v) is 4.02. The van der Waals surface area contributed by atoms with E-state index in [2.05, 4.69) is 19.1 Å². The molecule has 0 spiro atoms. The molecule has 0 radical (unpaired) electrons. The maximum Gasteiger partial charge on any atom is 0.166 e. The maximum absolute atomic E-state index is 5.68. The molecule has 0 amide bonds. The molecule has 0 atom stereocenters. The first-order chi connectivity index (χ1) is 7.24. The van der Waals surface area contributed by atoms with Gasteiger partial charge in [-0.1, -0.05) is 43.7 Å². The van der Waals surface area contributed by atoms with Gasteiger partial charge < -0.3 is 10.6 Å². The van der Waals surface area contributed by atoms with E-state index in [1.54, 1.807) is 0 Å². The number of nitrogens with zero attached hydrogens (tertiary/aromatic N) is 1. The fraction of sp³-hybridized carbons (Fsp3) is 0.417. The molecule has 0 aromatic heterocycles. The second-order valence-electron chi connectivity index (χ2n) is 3.60. The van der Waals surface area contributed by atoms with Crippen molar-refractivity contribution < 1.29 is 0 Å². The van der Waals surface area contributed by atoms with E-state index in [1.165, 1.54) is 5.56 Å². The number of hydrogen-bond donors (Lipinski definition) is 1. The van der Waals surface area contributed by atoms with Crippen LogP contribution in [0.15, 0.2) is 30.3 Å². The van der Waals surface area contributed by atoms with Crippen LogP contribution in [-0.4, -0.2) is 16.6 Å². The molecule has 1 aromatic carbocycles. The number of unbranched alkanes of at least 4 members (excludes halogenated alkanes) is 1. The highest BCUT2D eigenvalue weighted by atomic mass is 32.1. The molecule has 0 saturated heterocycles. The average molecular weight is 222 g/mol. The second kappa shape index (κ2) is 6.40. The molecular formula is C12H18N2S. The highest BCUT2D eigenvalue weighted by Gasteiger charge is 2.05. The van der Waals surface area contributed by atoms with Crippen molar-refractivity contribution >= 4 is 17.3 Å². The first-order valence-corrected chi connectivity index (χ1v) is 5.73. The first-order valence-electron chi connectivity index (χ1n) is 5.32. The molecule has 0 fully saturated rings. The number of nitrogens with two attached hydrogens (primary N) is 1. The van der Waals surface area contributed by atoms with Crippen molar-refractivity contribution in [1.82, 2.24) is 4.90 Å². The van der Waals surface area contributed by atoms with Gasteiger partial charge in [0.2, 0.25) is 0 Å². The smallest absolute Gasteiger partial charge is 0.166 e. The highest BCUT2D eigenvalue weighted by molar-refractivity contribution is 7.80. The molecule has 0 aliphatic heterocycles. The van der Waals surface area contributed by atoms with Gasteiger partial charge in [-0.2, -0.15) is 0 Å².